The number of alkyl halides is 1. The SMILES string of the molecule is CCC(F)CC/C=C/C1CCC(C2CCC(C3CCC(C#N)CC3)CC2)CC1. The van der Waals surface area contributed by atoms with E-state index in [1.165, 1.54) is 64.2 Å². The second kappa shape index (κ2) is 11.4. The summed E-state index contributed by atoms with van der Waals surface area (Å²) >= 11 is 0. The summed E-state index contributed by atoms with van der Waals surface area (Å²) in [7, 11) is 0. The summed E-state index contributed by atoms with van der Waals surface area (Å²) < 4.78 is 13.3. The van der Waals surface area contributed by atoms with Crippen molar-refractivity contribution >= 4 is 0 Å². The van der Waals surface area contributed by atoms with Crippen LogP contribution >= 0.6 is 0 Å². The van der Waals surface area contributed by atoms with Crippen LogP contribution in [0.5, 0.6) is 0 Å². The van der Waals surface area contributed by atoms with Crippen LogP contribution in [-0.4, -0.2) is 6.17 Å². The minimum atomic E-state index is -0.614. The third-order valence-corrected chi connectivity index (χ3v) is 8.42. The van der Waals surface area contributed by atoms with Crippen LogP contribution in [0.4, 0.5) is 4.39 Å². The highest BCUT2D eigenvalue weighted by Crippen LogP contribution is 2.45. The Labute approximate surface area is 173 Å². The standard InChI is InChI=1S/C26H42FN/c1-2-26(27)6-4-3-5-20-7-11-22(12-8-20)24-15-17-25(18-16-24)23-13-9-21(19-28)10-14-23/h3,5,20-26H,2,4,6-18H2,1H3/b5-3+. The summed E-state index contributed by atoms with van der Waals surface area (Å²) in [5.74, 6) is 4.92. The molecular weight excluding hydrogens is 345 g/mol. The number of nitriles is 1. The normalized spacial score (nSPS) is 38.2. The molecule has 2 heteroatoms. The van der Waals surface area contributed by atoms with E-state index in [1.807, 2.05) is 6.92 Å². The molecule has 0 heterocycles. The van der Waals surface area contributed by atoms with Gasteiger partial charge >= 0.3 is 0 Å². The van der Waals surface area contributed by atoms with E-state index in [9.17, 15) is 4.39 Å². The van der Waals surface area contributed by atoms with Gasteiger partial charge in [-0.25, -0.2) is 4.39 Å². The van der Waals surface area contributed by atoms with Gasteiger partial charge in [0, 0.05) is 5.92 Å². The lowest BCUT2D eigenvalue weighted by Gasteiger charge is -2.40. The zero-order valence-electron chi connectivity index (χ0n) is 18.1. The summed E-state index contributed by atoms with van der Waals surface area (Å²) in [4.78, 5) is 0. The van der Waals surface area contributed by atoms with E-state index >= 15 is 0 Å². The highest BCUT2D eigenvalue weighted by Gasteiger charge is 2.34. The molecule has 1 atom stereocenters. The monoisotopic (exact) mass is 387 g/mol. The molecule has 0 amide bonds. The molecule has 3 saturated carbocycles. The number of allylic oxidation sites excluding steroid dienone is 2. The largest absolute Gasteiger partial charge is 0.247 e. The van der Waals surface area contributed by atoms with Crippen LogP contribution in [-0.2, 0) is 0 Å². The van der Waals surface area contributed by atoms with E-state index in [2.05, 4.69) is 18.2 Å². The number of hydrogen-bond donors (Lipinski definition) is 0. The predicted molar refractivity (Wildman–Crippen MR) is 116 cm³/mol. The first kappa shape index (κ1) is 21.9. The second-order valence-electron chi connectivity index (χ2n) is 10.1. The van der Waals surface area contributed by atoms with E-state index < -0.39 is 6.17 Å². The molecule has 0 spiro atoms. The third kappa shape index (κ3) is 6.33. The highest BCUT2D eigenvalue weighted by atomic mass is 19.1. The molecule has 0 saturated heterocycles. The van der Waals surface area contributed by atoms with Crippen molar-refractivity contribution in [2.75, 3.05) is 0 Å². The zero-order chi connectivity index (χ0) is 19.8. The predicted octanol–water partition coefficient (Wildman–Crippen LogP) is 8.01. The lowest BCUT2D eigenvalue weighted by molar-refractivity contribution is 0.113. The molecule has 0 aromatic carbocycles. The molecule has 0 bridgehead atoms. The van der Waals surface area contributed by atoms with Gasteiger partial charge in [0.2, 0.25) is 0 Å². The summed E-state index contributed by atoms with van der Waals surface area (Å²) in [5, 5.41) is 9.11. The number of halogens is 1. The van der Waals surface area contributed by atoms with Crippen molar-refractivity contribution in [3.63, 3.8) is 0 Å². The molecule has 3 aliphatic carbocycles. The quantitative estimate of drug-likeness (QED) is 0.406. The van der Waals surface area contributed by atoms with Crippen LogP contribution in [0.1, 0.15) is 103 Å². The summed E-state index contributed by atoms with van der Waals surface area (Å²) in [5.41, 5.74) is 0. The van der Waals surface area contributed by atoms with Crippen LogP contribution in [0.25, 0.3) is 0 Å². The second-order valence-corrected chi connectivity index (χ2v) is 10.1. The zero-order valence-corrected chi connectivity index (χ0v) is 18.1. The molecule has 28 heavy (non-hydrogen) atoms. The minimum absolute atomic E-state index is 0.349. The highest BCUT2D eigenvalue weighted by molar-refractivity contribution is 4.94. The average molecular weight is 388 g/mol. The van der Waals surface area contributed by atoms with E-state index in [0.29, 0.717) is 18.8 Å². The fourth-order valence-electron chi connectivity index (χ4n) is 6.39. The van der Waals surface area contributed by atoms with Gasteiger partial charge in [-0.2, -0.15) is 5.26 Å². The molecule has 0 aromatic heterocycles. The summed E-state index contributed by atoms with van der Waals surface area (Å²) in [6, 6.07) is 2.48. The van der Waals surface area contributed by atoms with Crippen LogP contribution in [0, 0.1) is 46.8 Å². The lowest BCUT2D eigenvalue weighted by Crippen LogP contribution is -2.29. The maximum absolute atomic E-state index is 13.3. The van der Waals surface area contributed by atoms with Gasteiger partial charge in [-0.15, -0.1) is 0 Å². The first-order valence-electron chi connectivity index (χ1n) is 12.4. The summed E-state index contributed by atoms with van der Waals surface area (Å²) in [6.45, 7) is 1.93. The Bertz CT molecular complexity index is 497. The molecule has 0 radical (unpaired) electrons. The molecule has 158 valence electrons. The van der Waals surface area contributed by atoms with Gasteiger partial charge in [0.05, 0.1) is 6.07 Å². The van der Waals surface area contributed by atoms with Crippen molar-refractivity contribution in [1.29, 1.82) is 5.26 Å². The van der Waals surface area contributed by atoms with Crippen molar-refractivity contribution in [1.82, 2.24) is 0 Å². The van der Waals surface area contributed by atoms with Crippen LogP contribution < -0.4 is 0 Å². The van der Waals surface area contributed by atoms with E-state index in [1.54, 1.807) is 0 Å². The van der Waals surface area contributed by atoms with Gasteiger partial charge in [-0.3, -0.25) is 0 Å². The fourth-order valence-corrected chi connectivity index (χ4v) is 6.39. The minimum Gasteiger partial charge on any atom is -0.247 e. The Hall–Kier alpha value is -0.840. The van der Waals surface area contributed by atoms with E-state index in [-0.39, 0.29) is 0 Å². The van der Waals surface area contributed by atoms with Gasteiger partial charge < -0.3 is 0 Å². The van der Waals surface area contributed by atoms with Crippen molar-refractivity contribution in [2.45, 2.75) is 109 Å². The molecule has 3 fully saturated rings. The molecule has 1 unspecified atom stereocenters. The maximum atomic E-state index is 13.3. The Balaban J connectivity index is 1.32. The van der Waals surface area contributed by atoms with E-state index in [4.69, 9.17) is 5.26 Å². The van der Waals surface area contributed by atoms with Crippen LogP contribution in [0.3, 0.4) is 0 Å². The Morgan fingerprint density at radius 3 is 1.75 bits per heavy atom. The van der Waals surface area contributed by atoms with Crippen molar-refractivity contribution in [2.24, 2.45) is 35.5 Å². The topological polar surface area (TPSA) is 23.8 Å². The molecule has 0 aromatic rings. The molecule has 1 nitrogen and oxygen atoms in total. The van der Waals surface area contributed by atoms with Crippen LogP contribution in [0.2, 0.25) is 0 Å². The molecule has 3 rings (SSSR count). The molecule has 3 aliphatic rings. The Morgan fingerprint density at radius 1 is 0.821 bits per heavy atom. The Kier molecular flexibility index (Phi) is 8.88. The molecular formula is C26H42FN. The molecule has 0 aliphatic heterocycles. The number of nitrogens with zero attached hydrogens (tertiary/aromatic N) is 1. The average Bonchev–Trinajstić information content (AvgIpc) is 2.77. The number of rotatable bonds is 7. The first-order valence-corrected chi connectivity index (χ1v) is 12.4. The maximum Gasteiger partial charge on any atom is 0.100 e. The van der Waals surface area contributed by atoms with Gasteiger partial charge in [0.1, 0.15) is 6.17 Å². The first-order chi connectivity index (χ1) is 13.7. The third-order valence-electron chi connectivity index (χ3n) is 8.42. The summed E-state index contributed by atoms with van der Waals surface area (Å²) in [6.07, 6.45) is 22.6. The van der Waals surface area contributed by atoms with Gasteiger partial charge in [-0.1, -0.05) is 19.1 Å². The Morgan fingerprint density at radius 2 is 1.29 bits per heavy atom. The van der Waals surface area contributed by atoms with Gasteiger partial charge in [0.25, 0.3) is 0 Å². The lowest BCUT2D eigenvalue weighted by atomic mass is 9.65. The van der Waals surface area contributed by atoms with Crippen molar-refractivity contribution in [3.05, 3.63) is 12.2 Å². The van der Waals surface area contributed by atoms with Crippen LogP contribution in [0.15, 0.2) is 12.2 Å². The van der Waals surface area contributed by atoms with E-state index in [0.717, 1.165) is 48.9 Å². The van der Waals surface area contributed by atoms with Crippen molar-refractivity contribution < 1.29 is 4.39 Å². The smallest absolute Gasteiger partial charge is 0.100 e. The fraction of sp³-hybridized carbons (Fsp3) is 0.885. The molecule has 0 N–H and O–H groups in total. The van der Waals surface area contributed by atoms with Crippen molar-refractivity contribution in [3.8, 4) is 6.07 Å². The van der Waals surface area contributed by atoms with Gasteiger partial charge in [0.15, 0.2) is 0 Å². The van der Waals surface area contributed by atoms with Gasteiger partial charge in [-0.05, 0) is 126 Å². The number of hydrogen-bond acceptors (Lipinski definition) is 1.